The molecule has 6 nitrogen and oxygen atoms in total. The summed E-state index contributed by atoms with van der Waals surface area (Å²) >= 11 is 7.93. The second kappa shape index (κ2) is 11.0. The number of nitrogens with zero attached hydrogens (tertiary/aromatic N) is 3. The summed E-state index contributed by atoms with van der Waals surface area (Å²) in [6.45, 7) is 8.25. The third kappa shape index (κ3) is 6.05. The van der Waals surface area contributed by atoms with Gasteiger partial charge in [0, 0.05) is 16.5 Å². The Labute approximate surface area is 215 Å². The lowest BCUT2D eigenvalue weighted by atomic mass is 10.1. The maximum atomic E-state index is 12.7. The van der Waals surface area contributed by atoms with E-state index in [0.717, 1.165) is 39.0 Å². The highest BCUT2D eigenvalue weighted by atomic mass is 35.5. The van der Waals surface area contributed by atoms with Crippen LogP contribution in [0.1, 0.15) is 33.6 Å². The molecule has 180 valence electrons. The molecule has 0 aliphatic rings. The molecule has 4 rings (SSSR count). The summed E-state index contributed by atoms with van der Waals surface area (Å²) in [5, 5.41) is 16.1. The number of aromatic nitrogens is 3. The predicted molar refractivity (Wildman–Crippen MR) is 144 cm³/mol. The second-order valence-corrected chi connectivity index (χ2v) is 9.90. The summed E-state index contributed by atoms with van der Waals surface area (Å²) in [6.07, 6.45) is 0. The van der Waals surface area contributed by atoms with Gasteiger partial charge in [0.2, 0.25) is 0 Å². The highest BCUT2D eigenvalue weighted by molar-refractivity contribution is 7.98. The molecule has 0 saturated heterocycles. The standard InChI is InChI=1S/C27H28ClN5OS/c1-17-7-5-10-21(13-17)16-35-27-32-31-24(33(27)23-14-22(28)12-11-18(23)2)15-29-26(34)30-25-19(3)8-6-9-20(25)4/h5-14H,15-16H2,1-4H3,(H2,29,30,34). The lowest BCUT2D eigenvalue weighted by Gasteiger charge is -2.15. The SMILES string of the molecule is Cc1cccc(CSc2nnc(CNC(=O)Nc3c(C)cccc3C)n2-c2cc(Cl)ccc2C)c1. The molecule has 0 atom stereocenters. The molecule has 0 saturated carbocycles. The number of thioether (sulfide) groups is 1. The van der Waals surface area contributed by atoms with Crippen molar-refractivity contribution in [3.63, 3.8) is 0 Å². The molecule has 4 aromatic rings. The highest BCUT2D eigenvalue weighted by Gasteiger charge is 2.18. The van der Waals surface area contributed by atoms with Gasteiger partial charge in [-0.2, -0.15) is 0 Å². The third-order valence-electron chi connectivity index (χ3n) is 5.69. The van der Waals surface area contributed by atoms with Crippen LogP contribution in [0.15, 0.2) is 65.8 Å². The molecule has 0 unspecified atom stereocenters. The minimum absolute atomic E-state index is 0.209. The molecule has 0 aliphatic carbocycles. The Kier molecular flexibility index (Phi) is 7.78. The predicted octanol–water partition coefficient (Wildman–Crippen LogP) is 6.77. The number of halogens is 1. The van der Waals surface area contributed by atoms with E-state index in [1.54, 1.807) is 11.8 Å². The first-order valence-electron chi connectivity index (χ1n) is 11.3. The van der Waals surface area contributed by atoms with Crippen LogP contribution in [0.5, 0.6) is 0 Å². The molecule has 0 aliphatic heterocycles. The summed E-state index contributed by atoms with van der Waals surface area (Å²) in [4.78, 5) is 12.7. The lowest BCUT2D eigenvalue weighted by molar-refractivity contribution is 0.251. The number of aryl methyl sites for hydroxylation is 4. The molecule has 0 radical (unpaired) electrons. The molecule has 1 aromatic heterocycles. The van der Waals surface area contributed by atoms with E-state index in [-0.39, 0.29) is 12.6 Å². The van der Waals surface area contributed by atoms with Crippen molar-refractivity contribution >= 4 is 35.1 Å². The van der Waals surface area contributed by atoms with Gasteiger partial charge in [-0.1, -0.05) is 77.5 Å². The van der Waals surface area contributed by atoms with E-state index in [9.17, 15) is 4.79 Å². The summed E-state index contributed by atoms with van der Waals surface area (Å²) in [5.41, 5.74) is 7.18. The van der Waals surface area contributed by atoms with Gasteiger partial charge in [-0.05, 0) is 62.1 Å². The largest absolute Gasteiger partial charge is 0.331 e. The van der Waals surface area contributed by atoms with Gasteiger partial charge in [-0.3, -0.25) is 4.57 Å². The van der Waals surface area contributed by atoms with Crippen molar-refractivity contribution in [2.24, 2.45) is 0 Å². The number of amides is 2. The Morgan fingerprint density at radius 2 is 1.69 bits per heavy atom. The topological polar surface area (TPSA) is 71.8 Å². The molecule has 2 amide bonds. The fourth-order valence-electron chi connectivity index (χ4n) is 3.85. The fourth-order valence-corrected chi connectivity index (χ4v) is 4.93. The van der Waals surface area contributed by atoms with Crippen molar-refractivity contribution in [2.75, 3.05) is 5.32 Å². The summed E-state index contributed by atoms with van der Waals surface area (Å²) < 4.78 is 1.97. The number of benzene rings is 3. The van der Waals surface area contributed by atoms with Crippen molar-refractivity contribution in [1.29, 1.82) is 0 Å². The molecule has 1 heterocycles. The van der Waals surface area contributed by atoms with E-state index in [4.69, 9.17) is 11.6 Å². The van der Waals surface area contributed by atoms with Crippen molar-refractivity contribution < 1.29 is 4.79 Å². The van der Waals surface area contributed by atoms with Crippen LogP contribution in [0.2, 0.25) is 5.02 Å². The van der Waals surface area contributed by atoms with Gasteiger partial charge in [-0.15, -0.1) is 10.2 Å². The van der Waals surface area contributed by atoms with E-state index in [0.29, 0.717) is 10.8 Å². The molecule has 35 heavy (non-hydrogen) atoms. The Balaban J connectivity index is 1.57. The Hall–Kier alpha value is -3.29. The molecule has 0 spiro atoms. The van der Waals surface area contributed by atoms with Crippen LogP contribution in [-0.4, -0.2) is 20.8 Å². The van der Waals surface area contributed by atoms with Gasteiger partial charge in [0.05, 0.1) is 12.2 Å². The Bertz CT molecular complexity index is 1350. The highest BCUT2D eigenvalue weighted by Crippen LogP contribution is 2.29. The molecule has 0 bridgehead atoms. The van der Waals surface area contributed by atoms with Gasteiger partial charge in [-0.25, -0.2) is 4.79 Å². The Morgan fingerprint density at radius 3 is 2.43 bits per heavy atom. The van der Waals surface area contributed by atoms with Crippen molar-refractivity contribution in [2.45, 2.75) is 45.1 Å². The minimum atomic E-state index is -0.297. The zero-order valence-corrected chi connectivity index (χ0v) is 21.8. The zero-order valence-electron chi connectivity index (χ0n) is 20.2. The number of rotatable bonds is 7. The number of para-hydroxylation sites is 1. The smallest absolute Gasteiger partial charge is 0.319 e. The number of nitrogens with one attached hydrogen (secondary N) is 2. The molecular weight excluding hydrogens is 478 g/mol. The number of carbonyl (C=O) groups is 1. The summed E-state index contributed by atoms with van der Waals surface area (Å²) in [5.74, 6) is 1.37. The average Bonchev–Trinajstić information content (AvgIpc) is 3.23. The zero-order chi connectivity index (χ0) is 24.9. The van der Waals surface area contributed by atoms with Crippen molar-refractivity contribution in [3.8, 4) is 5.69 Å². The Morgan fingerprint density at radius 1 is 0.943 bits per heavy atom. The fraction of sp³-hybridized carbons (Fsp3) is 0.222. The second-order valence-electron chi connectivity index (χ2n) is 8.52. The van der Waals surface area contributed by atoms with E-state index in [1.807, 2.05) is 61.7 Å². The minimum Gasteiger partial charge on any atom is -0.331 e. The number of carbonyl (C=O) groups excluding carboxylic acids is 1. The van der Waals surface area contributed by atoms with Gasteiger partial charge in [0.15, 0.2) is 11.0 Å². The molecule has 0 fully saturated rings. The number of hydrogen-bond acceptors (Lipinski definition) is 4. The molecule has 2 N–H and O–H groups in total. The van der Waals surface area contributed by atoms with Crippen LogP contribution in [-0.2, 0) is 12.3 Å². The van der Waals surface area contributed by atoms with Crippen LogP contribution in [0.4, 0.5) is 10.5 Å². The maximum absolute atomic E-state index is 12.7. The van der Waals surface area contributed by atoms with E-state index in [1.165, 1.54) is 11.1 Å². The molecular formula is C27H28ClN5OS. The summed E-state index contributed by atoms with van der Waals surface area (Å²) in [7, 11) is 0. The maximum Gasteiger partial charge on any atom is 0.319 e. The van der Waals surface area contributed by atoms with E-state index in [2.05, 4.69) is 52.0 Å². The van der Waals surface area contributed by atoms with Crippen molar-refractivity contribution in [3.05, 3.63) is 99.3 Å². The molecule has 3 aromatic carbocycles. The van der Waals surface area contributed by atoms with E-state index >= 15 is 0 Å². The first-order valence-corrected chi connectivity index (χ1v) is 12.7. The molecule has 8 heteroatoms. The van der Waals surface area contributed by atoms with Crippen LogP contribution in [0.25, 0.3) is 5.69 Å². The lowest BCUT2D eigenvalue weighted by Crippen LogP contribution is -2.30. The van der Waals surface area contributed by atoms with Crippen LogP contribution >= 0.6 is 23.4 Å². The monoisotopic (exact) mass is 505 g/mol. The van der Waals surface area contributed by atoms with E-state index < -0.39 is 0 Å². The van der Waals surface area contributed by atoms with Gasteiger partial charge in [0.25, 0.3) is 0 Å². The number of urea groups is 1. The van der Waals surface area contributed by atoms with Crippen LogP contribution in [0, 0.1) is 27.7 Å². The van der Waals surface area contributed by atoms with Gasteiger partial charge >= 0.3 is 6.03 Å². The first kappa shape index (κ1) is 24.8. The number of anilines is 1. The van der Waals surface area contributed by atoms with Gasteiger partial charge in [0.1, 0.15) is 0 Å². The van der Waals surface area contributed by atoms with Gasteiger partial charge < -0.3 is 10.6 Å². The van der Waals surface area contributed by atoms with Crippen LogP contribution < -0.4 is 10.6 Å². The van der Waals surface area contributed by atoms with Crippen LogP contribution in [0.3, 0.4) is 0 Å². The average molecular weight is 506 g/mol. The summed E-state index contributed by atoms with van der Waals surface area (Å²) in [6, 6.07) is 19.8. The first-order chi connectivity index (χ1) is 16.8. The third-order valence-corrected chi connectivity index (χ3v) is 6.92. The van der Waals surface area contributed by atoms with Crippen molar-refractivity contribution in [1.82, 2.24) is 20.1 Å². The quantitative estimate of drug-likeness (QED) is 0.272. The number of hydrogen-bond donors (Lipinski definition) is 2. The normalized spacial score (nSPS) is 10.9.